The summed E-state index contributed by atoms with van der Waals surface area (Å²) in [5.41, 5.74) is 1.63. The van der Waals surface area contributed by atoms with E-state index in [0.717, 1.165) is 11.1 Å². The summed E-state index contributed by atoms with van der Waals surface area (Å²) in [4.78, 5) is 3.95. The van der Waals surface area contributed by atoms with Crippen molar-refractivity contribution >= 4 is 23.7 Å². The molecule has 2 heterocycles. The van der Waals surface area contributed by atoms with E-state index < -0.39 is 7.12 Å². The van der Waals surface area contributed by atoms with Gasteiger partial charge in [-0.2, -0.15) is 5.10 Å². The van der Waals surface area contributed by atoms with Crippen molar-refractivity contribution in [2.75, 3.05) is 0 Å². The van der Waals surface area contributed by atoms with Gasteiger partial charge in [0.2, 0.25) is 0 Å². The summed E-state index contributed by atoms with van der Waals surface area (Å²) in [5.74, 6) is 0. The smallest absolute Gasteiger partial charge is 0.422 e. The molecule has 3 N–H and O–H groups in total. The van der Waals surface area contributed by atoms with Crippen LogP contribution < -0.4 is 5.59 Å². The highest BCUT2D eigenvalue weighted by molar-refractivity contribution is 6.57. The molecule has 0 spiro atoms. The Balaban J connectivity index is 2.63. The monoisotopic (exact) mass is 177 g/mol. The third-order valence-electron chi connectivity index (χ3n) is 1.89. The lowest BCUT2D eigenvalue weighted by Crippen LogP contribution is -2.32. The Morgan fingerprint density at radius 1 is 1.38 bits per heavy atom. The SMILES string of the molecule is Cc1[nH]nc2nc(B(O)O)ccc12. The molecule has 13 heavy (non-hydrogen) atoms. The predicted octanol–water partition coefficient (Wildman–Crippen LogP) is -1.05. The Kier molecular flexibility index (Phi) is 1.79. The first-order chi connectivity index (χ1) is 6.18. The first-order valence-corrected chi connectivity index (χ1v) is 3.86. The van der Waals surface area contributed by atoms with Crippen molar-refractivity contribution in [2.45, 2.75) is 6.92 Å². The van der Waals surface area contributed by atoms with Crippen LogP contribution in [0.3, 0.4) is 0 Å². The number of rotatable bonds is 1. The zero-order chi connectivity index (χ0) is 9.42. The molecule has 2 aromatic heterocycles. The third kappa shape index (κ3) is 1.30. The number of H-pyrrole nitrogens is 1. The van der Waals surface area contributed by atoms with Gasteiger partial charge in [-0.1, -0.05) is 0 Å². The molecule has 0 amide bonds. The molecule has 0 saturated carbocycles. The molecule has 5 nitrogen and oxygen atoms in total. The second kappa shape index (κ2) is 2.83. The molecule has 0 aliphatic carbocycles. The number of nitrogens with zero attached hydrogens (tertiary/aromatic N) is 2. The van der Waals surface area contributed by atoms with Gasteiger partial charge in [0.05, 0.1) is 5.59 Å². The first kappa shape index (κ1) is 8.21. The van der Waals surface area contributed by atoms with Crippen LogP contribution >= 0.6 is 0 Å². The molecule has 0 aromatic carbocycles. The average molecular weight is 177 g/mol. The zero-order valence-electron chi connectivity index (χ0n) is 7.02. The minimum Gasteiger partial charge on any atom is -0.422 e. The van der Waals surface area contributed by atoms with Gasteiger partial charge in [0.1, 0.15) is 0 Å². The molecule has 0 unspecified atom stereocenters. The first-order valence-electron chi connectivity index (χ1n) is 3.86. The predicted molar refractivity (Wildman–Crippen MR) is 48.5 cm³/mol. The van der Waals surface area contributed by atoms with E-state index in [-0.39, 0.29) is 5.59 Å². The normalized spacial score (nSPS) is 10.7. The van der Waals surface area contributed by atoms with Crippen molar-refractivity contribution in [3.63, 3.8) is 0 Å². The Morgan fingerprint density at radius 2 is 2.15 bits per heavy atom. The van der Waals surface area contributed by atoms with E-state index in [2.05, 4.69) is 15.2 Å². The fraction of sp³-hybridized carbons (Fsp3) is 0.143. The van der Waals surface area contributed by atoms with Crippen molar-refractivity contribution < 1.29 is 10.0 Å². The van der Waals surface area contributed by atoms with Crippen molar-refractivity contribution in [3.8, 4) is 0 Å². The topological polar surface area (TPSA) is 82.0 Å². The second-order valence-electron chi connectivity index (χ2n) is 2.83. The zero-order valence-corrected chi connectivity index (χ0v) is 7.02. The summed E-state index contributed by atoms with van der Waals surface area (Å²) in [5, 5.41) is 25.3. The molecule has 66 valence electrons. The number of aryl methyl sites for hydroxylation is 1. The highest BCUT2D eigenvalue weighted by Gasteiger charge is 2.14. The van der Waals surface area contributed by atoms with Crippen LogP contribution in [0.25, 0.3) is 11.0 Å². The number of pyridine rings is 1. The Labute approximate surface area is 74.6 Å². The molecule has 2 rings (SSSR count). The maximum atomic E-state index is 8.85. The van der Waals surface area contributed by atoms with Gasteiger partial charge in [-0.25, -0.2) is 4.98 Å². The van der Waals surface area contributed by atoms with Crippen LogP contribution in [0.5, 0.6) is 0 Å². The van der Waals surface area contributed by atoms with E-state index in [1.165, 1.54) is 0 Å². The molecule has 0 radical (unpaired) electrons. The van der Waals surface area contributed by atoms with Gasteiger partial charge in [0.25, 0.3) is 0 Å². The maximum absolute atomic E-state index is 8.85. The van der Waals surface area contributed by atoms with E-state index >= 15 is 0 Å². The molecule has 2 aromatic rings. The van der Waals surface area contributed by atoms with Crippen molar-refractivity contribution in [3.05, 3.63) is 17.8 Å². The van der Waals surface area contributed by atoms with Gasteiger partial charge in [0.15, 0.2) is 5.65 Å². The lowest BCUT2D eigenvalue weighted by molar-refractivity contribution is 0.424. The minimum absolute atomic E-state index is 0.207. The van der Waals surface area contributed by atoms with Crippen LogP contribution in [0.1, 0.15) is 5.69 Å². The molecular weight excluding hydrogens is 169 g/mol. The largest absolute Gasteiger partial charge is 0.508 e. The summed E-state index contributed by atoms with van der Waals surface area (Å²) in [7, 11) is -1.54. The highest BCUT2D eigenvalue weighted by atomic mass is 16.4. The lowest BCUT2D eigenvalue weighted by atomic mass is 9.85. The lowest BCUT2D eigenvalue weighted by Gasteiger charge is -1.96. The molecule has 6 heteroatoms. The number of aromatic amines is 1. The minimum atomic E-state index is -1.54. The fourth-order valence-electron chi connectivity index (χ4n) is 1.18. The molecule has 0 fully saturated rings. The summed E-state index contributed by atoms with van der Waals surface area (Å²) >= 11 is 0. The van der Waals surface area contributed by atoms with Crippen molar-refractivity contribution in [1.82, 2.24) is 15.2 Å². The van der Waals surface area contributed by atoms with Crippen LogP contribution in [0.4, 0.5) is 0 Å². The molecule has 0 bridgehead atoms. The van der Waals surface area contributed by atoms with Crippen LogP contribution in [0, 0.1) is 6.92 Å². The number of fused-ring (bicyclic) bond motifs is 1. The fourth-order valence-corrected chi connectivity index (χ4v) is 1.18. The van der Waals surface area contributed by atoms with Gasteiger partial charge >= 0.3 is 7.12 Å². The van der Waals surface area contributed by atoms with Crippen LogP contribution in [0.15, 0.2) is 12.1 Å². The Bertz CT molecular complexity index is 440. The van der Waals surface area contributed by atoms with Crippen LogP contribution in [0.2, 0.25) is 0 Å². The molecule has 0 saturated heterocycles. The van der Waals surface area contributed by atoms with E-state index in [9.17, 15) is 0 Å². The summed E-state index contributed by atoms with van der Waals surface area (Å²) in [6, 6.07) is 3.32. The van der Waals surface area contributed by atoms with Gasteiger partial charge in [-0.05, 0) is 19.1 Å². The summed E-state index contributed by atoms with van der Waals surface area (Å²) < 4.78 is 0. The van der Waals surface area contributed by atoms with E-state index in [0.29, 0.717) is 5.65 Å². The molecule has 0 aliphatic heterocycles. The van der Waals surface area contributed by atoms with Crippen molar-refractivity contribution in [2.24, 2.45) is 0 Å². The van der Waals surface area contributed by atoms with Gasteiger partial charge in [0, 0.05) is 11.1 Å². The third-order valence-corrected chi connectivity index (χ3v) is 1.89. The summed E-state index contributed by atoms with van der Waals surface area (Å²) in [6.45, 7) is 1.88. The van der Waals surface area contributed by atoms with E-state index in [1.54, 1.807) is 12.1 Å². The van der Waals surface area contributed by atoms with E-state index in [1.807, 2.05) is 6.92 Å². The second-order valence-corrected chi connectivity index (χ2v) is 2.83. The van der Waals surface area contributed by atoms with Crippen molar-refractivity contribution in [1.29, 1.82) is 0 Å². The summed E-state index contributed by atoms with van der Waals surface area (Å²) in [6.07, 6.45) is 0. The molecule has 0 aliphatic rings. The van der Waals surface area contributed by atoms with Gasteiger partial charge in [-0.3, -0.25) is 5.10 Å². The van der Waals surface area contributed by atoms with Gasteiger partial charge < -0.3 is 10.0 Å². The average Bonchev–Trinajstić information content (AvgIpc) is 2.47. The number of aromatic nitrogens is 3. The number of hydrogen-bond acceptors (Lipinski definition) is 4. The van der Waals surface area contributed by atoms with Gasteiger partial charge in [-0.15, -0.1) is 0 Å². The Morgan fingerprint density at radius 3 is 2.85 bits per heavy atom. The number of nitrogens with one attached hydrogen (secondary N) is 1. The highest BCUT2D eigenvalue weighted by Crippen LogP contribution is 2.09. The molecule has 0 atom stereocenters. The number of hydrogen-bond donors (Lipinski definition) is 3. The standard InChI is InChI=1S/C7H8BN3O2/c1-4-5-2-3-6(8(12)13)9-7(5)11-10-4/h2-3,12-13H,1H3,(H,9,10,11). The van der Waals surface area contributed by atoms with Crippen LogP contribution in [-0.4, -0.2) is 32.3 Å². The maximum Gasteiger partial charge on any atom is 0.508 e. The Hall–Kier alpha value is -1.40. The quantitative estimate of drug-likeness (QED) is 0.485. The van der Waals surface area contributed by atoms with E-state index in [4.69, 9.17) is 10.0 Å². The molecular formula is C7H8BN3O2. The van der Waals surface area contributed by atoms with Crippen LogP contribution in [-0.2, 0) is 0 Å².